The third-order valence-electron chi connectivity index (χ3n) is 5.35. The molecule has 0 atom stereocenters. The summed E-state index contributed by atoms with van der Waals surface area (Å²) in [5, 5.41) is 12.7. The Morgan fingerprint density at radius 2 is 1.94 bits per heavy atom. The second-order valence-corrected chi connectivity index (χ2v) is 10.3. The second-order valence-electron chi connectivity index (χ2n) is 7.54. The van der Waals surface area contributed by atoms with Crippen LogP contribution in [0, 0.1) is 5.92 Å². The highest BCUT2D eigenvalue weighted by Gasteiger charge is 2.26. The van der Waals surface area contributed by atoms with Crippen LogP contribution < -0.4 is 10.2 Å². The zero-order valence-corrected chi connectivity index (χ0v) is 19.6. The maximum atomic E-state index is 12.7. The molecule has 0 saturated carbocycles. The minimum Gasteiger partial charge on any atom is -0.371 e. The molecule has 1 aromatic heterocycles. The van der Waals surface area contributed by atoms with Gasteiger partial charge >= 0.3 is 0 Å². The lowest BCUT2D eigenvalue weighted by molar-refractivity contribution is -0.120. The molecule has 5 nitrogen and oxygen atoms in total. The number of amides is 1. The van der Waals surface area contributed by atoms with Gasteiger partial charge in [0.05, 0.1) is 0 Å². The molecule has 1 amide bonds. The molecule has 3 aromatic rings. The van der Waals surface area contributed by atoms with Gasteiger partial charge in [0.25, 0.3) is 0 Å². The standard InChI is InChI=1S/C23H25ClN4OS2/c24-19-9-4-10-20(16-19)28-13-11-18(12-14-28)21(29)25-22-26-27-23(31-22)30-15-5-8-17-6-2-1-3-7-17/h1-4,6-7,9-10,16,18H,5,8,11-15H2,(H,25,26,29). The van der Waals surface area contributed by atoms with Gasteiger partial charge in [-0.3, -0.25) is 4.79 Å². The summed E-state index contributed by atoms with van der Waals surface area (Å²) in [6.45, 7) is 1.69. The van der Waals surface area contributed by atoms with Gasteiger partial charge in [0.1, 0.15) is 0 Å². The Hall–Kier alpha value is -2.09. The number of nitrogens with zero attached hydrogens (tertiary/aromatic N) is 3. The molecule has 31 heavy (non-hydrogen) atoms. The van der Waals surface area contributed by atoms with Crippen molar-refractivity contribution in [3.8, 4) is 0 Å². The Morgan fingerprint density at radius 1 is 1.13 bits per heavy atom. The van der Waals surface area contributed by atoms with Crippen LogP contribution in [0.5, 0.6) is 0 Å². The summed E-state index contributed by atoms with van der Waals surface area (Å²) < 4.78 is 0.902. The van der Waals surface area contributed by atoms with Crippen molar-refractivity contribution in [1.29, 1.82) is 0 Å². The molecule has 1 saturated heterocycles. The van der Waals surface area contributed by atoms with Gasteiger partial charge in [-0.15, -0.1) is 10.2 Å². The molecule has 8 heteroatoms. The molecule has 0 unspecified atom stereocenters. The number of hydrogen-bond donors (Lipinski definition) is 1. The molecule has 1 aliphatic heterocycles. The number of hydrogen-bond acceptors (Lipinski definition) is 6. The summed E-state index contributed by atoms with van der Waals surface area (Å²) in [5.41, 5.74) is 2.47. The van der Waals surface area contributed by atoms with Crippen molar-refractivity contribution in [1.82, 2.24) is 10.2 Å². The second kappa shape index (κ2) is 11.0. The molecule has 0 radical (unpaired) electrons. The van der Waals surface area contributed by atoms with Gasteiger partial charge in [-0.05, 0) is 49.4 Å². The number of nitrogens with one attached hydrogen (secondary N) is 1. The van der Waals surface area contributed by atoms with E-state index in [1.807, 2.05) is 24.3 Å². The summed E-state index contributed by atoms with van der Waals surface area (Å²) in [7, 11) is 0. The van der Waals surface area contributed by atoms with Crippen molar-refractivity contribution in [3.63, 3.8) is 0 Å². The topological polar surface area (TPSA) is 58.1 Å². The van der Waals surface area contributed by atoms with E-state index in [4.69, 9.17) is 11.6 Å². The number of halogens is 1. The van der Waals surface area contributed by atoms with E-state index in [1.165, 1.54) is 16.9 Å². The summed E-state index contributed by atoms with van der Waals surface area (Å²) in [4.78, 5) is 15.0. The summed E-state index contributed by atoms with van der Waals surface area (Å²) >= 11 is 9.25. The molecular formula is C23H25ClN4OS2. The number of carbonyl (C=O) groups is 1. The van der Waals surface area contributed by atoms with E-state index in [9.17, 15) is 4.79 Å². The number of carbonyl (C=O) groups excluding carboxylic acids is 1. The molecule has 0 bridgehead atoms. The van der Waals surface area contributed by atoms with Crippen molar-refractivity contribution in [2.45, 2.75) is 30.0 Å². The van der Waals surface area contributed by atoms with E-state index < -0.39 is 0 Å². The number of rotatable bonds is 8. The van der Waals surface area contributed by atoms with Gasteiger partial charge in [-0.1, -0.05) is 71.1 Å². The molecule has 0 spiro atoms. The first kappa shape index (κ1) is 22.1. The number of thioether (sulfide) groups is 1. The number of benzene rings is 2. The molecule has 4 rings (SSSR count). The Labute approximate surface area is 196 Å². The van der Waals surface area contributed by atoms with Crippen LogP contribution in [0.25, 0.3) is 0 Å². The van der Waals surface area contributed by atoms with Gasteiger partial charge < -0.3 is 10.2 Å². The van der Waals surface area contributed by atoms with E-state index >= 15 is 0 Å². The first-order valence-electron chi connectivity index (χ1n) is 10.5. The van der Waals surface area contributed by atoms with Crippen molar-refractivity contribution in [2.75, 3.05) is 29.1 Å². The fourth-order valence-corrected chi connectivity index (χ4v) is 5.63. The predicted molar refractivity (Wildman–Crippen MR) is 130 cm³/mol. The minimum absolute atomic E-state index is 0.00121. The molecule has 0 aliphatic carbocycles. The van der Waals surface area contributed by atoms with Crippen molar-refractivity contribution in [2.24, 2.45) is 5.92 Å². The van der Waals surface area contributed by atoms with Gasteiger partial charge in [0, 0.05) is 35.5 Å². The Balaban J connectivity index is 1.19. The highest BCUT2D eigenvalue weighted by molar-refractivity contribution is 8.01. The lowest BCUT2D eigenvalue weighted by Crippen LogP contribution is -2.38. The highest BCUT2D eigenvalue weighted by atomic mass is 35.5. The monoisotopic (exact) mass is 472 g/mol. The van der Waals surface area contributed by atoms with E-state index in [-0.39, 0.29) is 11.8 Å². The zero-order valence-electron chi connectivity index (χ0n) is 17.2. The number of aromatic nitrogens is 2. The van der Waals surface area contributed by atoms with Crippen LogP contribution in [0.3, 0.4) is 0 Å². The molecule has 1 fully saturated rings. The fourth-order valence-electron chi connectivity index (χ4n) is 3.68. The number of aryl methyl sites for hydroxylation is 1. The van der Waals surface area contributed by atoms with Crippen LogP contribution in [0.15, 0.2) is 58.9 Å². The van der Waals surface area contributed by atoms with Gasteiger partial charge in [0.15, 0.2) is 4.34 Å². The first-order valence-corrected chi connectivity index (χ1v) is 12.7. The fraction of sp³-hybridized carbons (Fsp3) is 0.348. The summed E-state index contributed by atoms with van der Waals surface area (Å²) in [5.74, 6) is 1.03. The Bertz CT molecular complexity index is 990. The van der Waals surface area contributed by atoms with E-state index in [1.54, 1.807) is 11.8 Å². The third kappa shape index (κ3) is 6.45. The number of piperidine rings is 1. The average molecular weight is 473 g/mol. The first-order chi connectivity index (χ1) is 15.2. The van der Waals surface area contributed by atoms with Crippen LogP contribution in [-0.4, -0.2) is 34.9 Å². The van der Waals surface area contributed by atoms with Crippen molar-refractivity contribution >= 4 is 51.4 Å². The molecule has 1 aliphatic rings. The van der Waals surface area contributed by atoms with Crippen LogP contribution in [-0.2, 0) is 11.2 Å². The molecule has 162 valence electrons. The third-order valence-corrected chi connectivity index (χ3v) is 7.65. The Kier molecular flexibility index (Phi) is 7.83. The van der Waals surface area contributed by atoms with Gasteiger partial charge in [-0.2, -0.15) is 0 Å². The number of anilines is 2. The highest BCUT2D eigenvalue weighted by Crippen LogP contribution is 2.29. The van der Waals surface area contributed by atoms with Crippen LogP contribution in [0.2, 0.25) is 5.02 Å². The van der Waals surface area contributed by atoms with E-state index in [0.29, 0.717) is 5.13 Å². The minimum atomic E-state index is 0.00121. The summed E-state index contributed by atoms with van der Waals surface area (Å²) in [6.07, 6.45) is 3.78. The maximum absolute atomic E-state index is 12.7. The quantitative estimate of drug-likeness (QED) is 0.256. The van der Waals surface area contributed by atoms with E-state index in [2.05, 4.69) is 50.7 Å². The van der Waals surface area contributed by atoms with Gasteiger partial charge in [-0.25, -0.2) is 0 Å². The van der Waals surface area contributed by atoms with Crippen molar-refractivity contribution < 1.29 is 4.79 Å². The molecule has 2 heterocycles. The van der Waals surface area contributed by atoms with Crippen LogP contribution in [0.4, 0.5) is 10.8 Å². The maximum Gasteiger partial charge on any atom is 0.229 e. The lowest BCUT2D eigenvalue weighted by atomic mass is 9.95. The normalized spacial score (nSPS) is 14.5. The van der Waals surface area contributed by atoms with E-state index in [0.717, 1.165) is 59.6 Å². The predicted octanol–water partition coefficient (Wildman–Crippen LogP) is 5.77. The summed E-state index contributed by atoms with van der Waals surface area (Å²) in [6, 6.07) is 18.4. The zero-order chi connectivity index (χ0) is 21.5. The Morgan fingerprint density at radius 3 is 2.71 bits per heavy atom. The van der Waals surface area contributed by atoms with Crippen molar-refractivity contribution in [3.05, 3.63) is 65.2 Å². The molecule has 1 N–H and O–H groups in total. The van der Waals surface area contributed by atoms with Crippen LogP contribution >= 0.6 is 34.7 Å². The molecular weight excluding hydrogens is 448 g/mol. The van der Waals surface area contributed by atoms with Crippen LogP contribution in [0.1, 0.15) is 24.8 Å². The SMILES string of the molecule is O=C(Nc1nnc(SCCCc2ccccc2)s1)C1CCN(c2cccc(Cl)c2)CC1. The largest absolute Gasteiger partial charge is 0.371 e. The lowest BCUT2D eigenvalue weighted by Gasteiger charge is -2.32. The van der Waals surface area contributed by atoms with Gasteiger partial charge in [0.2, 0.25) is 11.0 Å². The average Bonchev–Trinajstić information content (AvgIpc) is 3.24. The molecule has 2 aromatic carbocycles. The smallest absolute Gasteiger partial charge is 0.229 e.